The molecule has 3 aromatic rings. The molecule has 2 N–H and O–H groups in total. The number of esters is 1. The van der Waals surface area contributed by atoms with Gasteiger partial charge >= 0.3 is 5.97 Å². The molecule has 36 heavy (non-hydrogen) atoms. The van der Waals surface area contributed by atoms with Gasteiger partial charge in [-0.25, -0.2) is 4.79 Å². The van der Waals surface area contributed by atoms with E-state index < -0.39 is 5.97 Å². The molecule has 2 aromatic carbocycles. The lowest BCUT2D eigenvalue weighted by molar-refractivity contribution is -0.116. The highest BCUT2D eigenvalue weighted by Crippen LogP contribution is 2.38. The van der Waals surface area contributed by atoms with Crippen LogP contribution in [-0.2, 0) is 14.3 Å². The second kappa shape index (κ2) is 10.8. The highest BCUT2D eigenvalue weighted by atomic mass is 32.1. The van der Waals surface area contributed by atoms with E-state index in [2.05, 4.69) is 10.6 Å². The van der Waals surface area contributed by atoms with E-state index in [9.17, 15) is 14.4 Å². The minimum atomic E-state index is -0.467. The Bertz CT molecular complexity index is 1310. The number of carbonyl (C=O) groups excluding carboxylic acids is 3. The third-order valence-corrected chi connectivity index (χ3v) is 6.53. The van der Waals surface area contributed by atoms with Crippen molar-refractivity contribution in [1.82, 2.24) is 4.90 Å². The molecule has 4 rings (SSSR count). The zero-order valence-corrected chi connectivity index (χ0v) is 21.4. The number of methoxy groups -OCH3 is 1. The molecule has 1 aromatic heterocycles. The van der Waals surface area contributed by atoms with Gasteiger partial charge < -0.3 is 25.2 Å². The number of ether oxygens (including phenoxy) is 1. The number of carbonyl (C=O) groups is 3. The summed E-state index contributed by atoms with van der Waals surface area (Å²) in [5.74, 6) is -0.751. The summed E-state index contributed by atoms with van der Waals surface area (Å²) in [6.07, 6.45) is 0. The van der Waals surface area contributed by atoms with Crippen molar-refractivity contribution < 1.29 is 19.1 Å². The van der Waals surface area contributed by atoms with Crippen LogP contribution in [0.15, 0.2) is 59.3 Å². The second-order valence-electron chi connectivity index (χ2n) is 8.61. The number of rotatable bonds is 8. The molecule has 0 saturated heterocycles. The van der Waals surface area contributed by atoms with Gasteiger partial charge in [-0.15, -0.1) is 0 Å². The Labute approximate surface area is 214 Å². The summed E-state index contributed by atoms with van der Waals surface area (Å²) in [5, 5.41) is 10.2. The minimum Gasteiger partial charge on any atom is -0.465 e. The van der Waals surface area contributed by atoms with E-state index in [0.717, 1.165) is 23.5 Å². The predicted molar refractivity (Wildman–Crippen MR) is 144 cm³/mol. The van der Waals surface area contributed by atoms with Gasteiger partial charge in [0.1, 0.15) is 0 Å². The van der Waals surface area contributed by atoms with Crippen molar-refractivity contribution in [2.75, 3.05) is 49.8 Å². The van der Waals surface area contributed by atoms with Gasteiger partial charge in [-0.05, 0) is 61.9 Å². The number of likely N-dealkylation sites (N-methyl/N-ethyl adjacent to an activating group) is 1. The van der Waals surface area contributed by atoms with Crippen LogP contribution in [0.4, 0.5) is 17.1 Å². The van der Waals surface area contributed by atoms with Crippen molar-refractivity contribution in [3.63, 3.8) is 0 Å². The number of thiophene rings is 1. The predicted octanol–water partition coefficient (Wildman–Crippen LogP) is 4.38. The largest absolute Gasteiger partial charge is 0.465 e. The molecule has 2 heterocycles. The molecule has 0 spiro atoms. The van der Waals surface area contributed by atoms with E-state index in [1.807, 2.05) is 60.1 Å². The lowest BCUT2D eigenvalue weighted by Gasteiger charge is -2.23. The van der Waals surface area contributed by atoms with Gasteiger partial charge in [0.25, 0.3) is 5.91 Å². The standard InChI is InChI=1S/C27H28N4O4S/c1-17(32)31(13-12-30(2)3)21-8-6-20(7-9-21)28-25(19-11-14-36-16-19)24-22-10-5-18(27(34)35-4)15-23(22)29-26(24)33/h5-11,14-16,28H,12-13H2,1-4H3,(H,29,33)/b25-24-. The number of hydrogen-bond acceptors (Lipinski definition) is 7. The molecule has 0 unspecified atom stereocenters. The Hall–Kier alpha value is -3.95. The van der Waals surface area contributed by atoms with Crippen LogP contribution in [-0.4, -0.2) is 57.0 Å². The van der Waals surface area contributed by atoms with Crippen LogP contribution in [0.25, 0.3) is 11.3 Å². The van der Waals surface area contributed by atoms with Crippen molar-refractivity contribution >= 4 is 57.5 Å². The molecule has 0 radical (unpaired) electrons. The average Bonchev–Trinajstić information content (AvgIpc) is 3.50. The van der Waals surface area contributed by atoms with Crippen LogP contribution in [0.2, 0.25) is 0 Å². The van der Waals surface area contributed by atoms with E-state index in [1.54, 1.807) is 30.0 Å². The summed E-state index contributed by atoms with van der Waals surface area (Å²) in [5.41, 5.74) is 5.21. The van der Waals surface area contributed by atoms with E-state index in [0.29, 0.717) is 34.6 Å². The lowest BCUT2D eigenvalue weighted by Crippen LogP contribution is -2.35. The number of nitrogens with zero attached hydrogens (tertiary/aromatic N) is 2. The van der Waals surface area contributed by atoms with Gasteiger partial charge in [-0.2, -0.15) is 11.3 Å². The van der Waals surface area contributed by atoms with Crippen molar-refractivity contribution in [3.05, 3.63) is 76.0 Å². The number of amides is 2. The van der Waals surface area contributed by atoms with E-state index >= 15 is 0 Å². The maximum atomic E-state index is 13.1. The molecule has 8 nitrogen and oxygen atoms in total. The minimum absolute atomic E-state index is 0.0239. The Kier molecular flexibility index (Phi) is 7.52. The summed E-state index contributed by atoms with van der Waals surface area (Å²) in [6, 6.07) is 14.5. The summed E-state index contributed by atoms with van der Waals surface area (Å²) < 4.78 is 4.80. The van der Waals surface area contributed by atoms with E-state index in [1.165, 1.54) is 18.4 Å². The first-order valence-electron chi connectivity index (χ1n) is 11.4. The van der Waals surface area contributed by atoms with Crippen LogP contribution in [0.3, 0.4) is 0 Å². The van der Waals surface area contributed by atoms with Crippen molar-refractivity contribution in [2.45, 2.75) is 6.92 Å². The first kappa shape index (κ1) is 25.2. The van der Waals surface area contributed by atoms with Crippen LogP contribution >= 0.6 is 11.3 Å². The Morgan fingerprint density at radius 2 is 1.78 bits per heavy atom. The Morgan fingerprint density at radius 3 is 2.39 bits per heavy atom. The van der Waals surface area contributed by atoms with Gasteiger partial charge in [0.2, 0.25) is 5.91 Å². The normalized spacial score (nSPS) is 13.8. The Balaban J connectivity index is 1.69. The quantitative estimate of drug-likeness (QED) is 0.350. The molecule has 2 amide bonds. The van der Waals surface area contributed by atoms with Crippen molar-refractivity contribution in [1.29, 1.82) is 0 Å². The molecule has 0 atom stereocenters. The van der Waals surface area contributed by atoms with Crippen LogP contribution in [0.1, 0.15) is 28.4 Å². The topological polar surface area (TPSA) is 91.0 Å². The number of hydrogen-bond donors (Lipinski definition) is 2. The molecule has 1 aliphatic heterocycles. The SMILES string of the molecule is COC(=O)c1ccc2c(c1)NC(=O)/C2=C(\Nc1ccc(N(CCN(C)C)C(C)=O)cc1)c1ccsc1. The zero-order chi connectivity index (χ0) is 25.8. The average molecular weight is 505 g/mol. The summed E-state index contributed by atoms with van der Waals surface area (Å²) in [7, 11) is 5.26. The number of nitrogens with one attached hydrogen (secondary N) is 2. The van der Waals surface area contributed by atoms with E-state index in [4.69, 9.17) is 4.74 Å². The smallest absolute Gasteiger partial charge is 0.337 e. The highest BCUT2D eigenvalue weighted by molar-refractivity contribution is 7.08. The third-order valence-electron chi connectivity index (χ3n) is 5.84. The van der Waals surface area contributed by atoms with Crippen LogP contribution in [0, 0.1) is 0 Å². The summed E-state index contributed by atoms with van der Waals surface area (Å²) in [4.78, 5) is 41.0. The van der Waals surface area contributed by atoms with Gasteiger partial charge in [-0.1, -0.05) is 6.07 Å². The molecule has 186 valence electrons. The fourth-order valence-corrected chi connectivity index (χ4v) is 4.64. The Morgan fingerprint density at radius 1 is 1.03 bits per heavy atom. The molecule has 1 aliphatic rings. The third kappa shape index (κ3) is 5.32. The maximum absolute atomic E-state index is 13.1. The summed E-state index contributed by atoms with van der Waals surface area (Å²) in [6.45, 7) is 2.90. The van der Waals surface area contributed by atoms with Gasteiger partial charge in [0.05, 0.1) is 29.6 Å². The van der Waals surface area contributed by atoms with Gasteiger partial charge in [0.15, 0.2) is 0 Å². The van der Waals surface area contributed by atoms with Gasteiger partial charge in [0, 0.05) is 47.9 Å². The number of benzene rings is 2. The zero-order valence-electron chi connectivity index (χ0n) is 20.6. The monoisotopic (exact) mass is 504 g/mol. The molecule has 0 aliphatic carbocycles. The molecular formula is C27H28N4O4S. The molecule has 0 saturated carbocycles. The van der Waals surface area contributed by atoms with Crippen molar-refractivity contribution in [3.8, 4) is 0 Å². The van der Waals surface area contributed by atoms with Crippen LogP contribution < -0.4 is 15.5 Å². The molecule has 0 fully saturated rings. The van der Waals surface area contributed by atoms with Crippen molar-refractivity contribution in [2.24, 2.45) is 0 Å². The number of fused-ring (bicyclic) bond motifs is 1. The molecule has 0 bridgehead atoms. The maximum Gasteiger partial charge on any atom is 0.337 e. The first-order chi connectivity index (χ1) is 17.3. The lowest BCUT2D eigenvalue weighted by atomic mass is 10.00. The fraction of sp³-hybridized carbons (Fsp3) is 0.222. The van der Waals surface area contributed by atoms with E-state index in [-0.39, 0.29) is 11.8 Å². The fourth-order valence-electron chi connectivity index (χ4n) is 3.99. The summed E-state index contributed by atoms with van der Waals surface area (Å²) >= 11 is 1.53. The molecule has 9 heteroatoms. The molecular weight excluding hydrogens is 476 g/mol. The van der Waals surface area contributed by atoms with Crippen LogP contribution in [0.5, 0.6) is 0 Å². The highest BCUT2D eigenvalue weighted by Gasteiger charge is 2.29. The first-order valence-corrected chi connectivity index (χ1v) is 12.3. The second-order valence-corrected chi connectivity index (χ2v) is 9.39. The van der Waals surface area contributed by atoms with Gasteiger partial charge in [-0.3, -0.25) is 9.59 Å². The number of anilines is 3.